The van der Waals surface area contributed by atoms with Crippen molar-refractivity contribution < 1.29 is 0 Å². The fraction of sp³-hybridized carbons (Fsp3) is 0.222. The summed E-state index contributed by atoms with van der Waals surface area (Å²) in [7, 11) is 3.69. The molecule has 0 aliphatic carbocycles. The minimum Gasteiger partial charge on any atom is -0.373 e. The van der Waals surface area contributed by atoms with Gasteiger partial charge >= 0.3 is 0 Å². The van der Waals surface area contributed by atoms with E-state index in [1.165, 1.54) is 0 Å². The van der Waals surface area contributed by atoms with Gasteiger partial charge in [0.2, 0.25) is 5.95 Å². The first-order valence-corrected chi connectivity index (χ1v) is 8.16. The van der Waals surface area contributed by atoms with Gasteiger partial charge in [0.05, 0.1) is 17.4 Å². The van der Waals surface area contributed by atoms with E-state index in [4.69, 9.17) is 0 Å². The quantitative estimate of drug-likeness (QED) is 0.628. The number of aryl methyl sites for hydroxylation is 1. The molecule has 2 heterocycles. The zero-order valence-corrected chi connectivity index (χ0v) is 14.9. The number of hydrogen-bond donors (Lipinski definition) is 3. The van der Waals surface area contributed by atoms with Crippen molar-refractivity contribution >= 4 is 17.5 Å². The van der Waals surface area contributed by atoms with Gasteiger partial charge in [-0.25, -0.2) is 9.67 Å². The maximum atomic E-state index is 9.42. The third kappa shape index (κ3) is 3.79. The normalized spacial score (nSPS) is 10.4. The topological polar surface area (TPSA) is 103 Å². The molecule has 8 nitrogen and oxygen atoms in total. The van der Waals surface area contributed by atoms with Crippen LogP contribution in [-0.4, -0.2) is 33.8 Å². The van der Waals surface area contributed by atoms with E-state index in [1.54, 1.807) is 16.9 Å². The Labute approximate surface area is 151 Å². The van der Waals surface area contributed by atoms with Crippen molar-refractivity contribution in [3.8, 4) is 11.8 Å². The van der Waals surface area contributed by atoms with E-state index in [0.29, 0.717) is 23.7 Å². The van der Waals surface area contributed by atoms with Crippen LogP contribution in [0.15, 0.2) is 36.7 Å². The lowest BCUT2D eigenvalue weighted by Crippen LogP contribution is -2.05. The van der Waals surface area contributed by atoms with Gasteiger partial charge in [0, 0.05) is 42.8 Å². The number of rotatable bonds is 6. The molecule has 0 spiro atoms. The second-order valence-corrected chi connectivity index (χ2v) is 5.76. The smallest absolute Gasteiger partial charge is 0.229 e. The molecule has 1 aromatic carbocycles. The van der Waals surface area contributed by atoms with Gasteiger partial charge < -0.3 is 16.0 Å². The van der Waals surface area contributed by atoms with Crippen LogP contribution in [0.1, 0.15) is 16.8 Å². The van der Waals surface area contributed by atoms with Crippen LogP contribution < -0.4 is 16.0 Å². The van der Waals surface area contributed by atoms with Crippen molar-refractivity contribution in [2.75, 3.05) is 24.7 Å². The van der Waals surface area contributed by atoms with Crippen LogP contribution in [0.2, 0.25) is 0 Å². The van der Waals surface area contributed by atoms with E-state index in [-0.39, 0.29) is 0 Å². The number of aromatic nitrogens is 4. The highest BCUT2D eigenvalue weighted by Gasteiger charge is 2.09. The molecule has 0 amide bonds. The third-order valence-corrected chi connectivity index (χ3v) is 3.75. The molecule has 0 saturated heterocycles. The lowest BCUT2D eigenvalue weighted by molar-refractivity contribution is 0.816. The Morgan fingerprint density at radius 3 is 2.77 bits per heavy atom. The third-order valence-electron chi connectivity index (χ3n) is 3.75. The minimum absolute atomic E-state index is 0.487. The molecule has 0 saturated carbocycles. The molecular formula is C18H20N8. The lowest BCUT2D eigenvalue weighted by Gasteiger charge is -2.10. The van der Waals surface area contributed by atoms with Crippen molar-refractivity contribution in [2.45, 2.75) is 13.5 Å². The highest BCUT2D eigenvalue weighted by atomic mass is 15.3. The van der Waals surface area contributed by atoms with Gasteiger partial charge in [-0.3, -0.25) is 0 Å². The fourth-order valence-electron chi connectivity index (χ4n) is 2.56. The van der Waals surface area contributed by atoms with Crippen molar-refractivity contribution in [3.05, 3.63) is 53.5 Å². The van der Waals surface area contributed by atoms with E-state index < -0.39 is 0 Å². The van der Waals surface area contributed by atoms with Crippen LogP contribution in [0.3, 0.4) is 0 Å². The van der Waals surface area contributed by atoms with Gasteiger partial charge in [0.1, 0.15) is 11.9 Å². The predicted octanol–water partition coefficient (Wildman–Crippen LogP) is 2.35. The summed E-state index contributed by atoms with van der Waals surface area (Å²) in [6.07, 6.45) is 3.68. The van der Waals surface area contributed by atoms with Crippen LogP contribution >= 0.6 is 0 Å². The summed E-state index contributed by atoms with van der Waals surface area (Å²) in [6.45, 7) is 2.62. The minimum atomic E-state index is 0.487. The van der Waals surface area contributed by atoms with E-state index in [2.05, 4.69) is 37.1 Å². The van der Waals surface area contributed by atoms with Gasteiger partial charge in [0.15, 0.2) is 0 Å². The monoisotopic (exact) mass is 348 g/mol. The number of benzene rings is 1. The SMILES string of the molecule is CNCc1cnn(-c2cc(Nc3nc(C)cc(NC)n3)ccc2C#N)c1. The zero-order chi connectivity index (χ0) is 18.5. The van der Waals surface area contributed by atoms with Crippen LogP contribution in [-0.2, 0) is 6.54 Å². The summed E-state index contributed by atoms with van der Waals surface area (Å²) in [5, 5.41) is 23.1. The molecule has 0 fully saturated rings. The van der Waals surface area contributed by atoms with Gasteiger partial charge in [-0.15, -0.1) is 0 Å². The van der Waals surface area contributed by atoms with E-state index in [0.717, 1.165) is 22.8 Å². The average molecular weight is 348 g/mol. The number of nitrogens with one attached hydrogen (secondary N) is 3. The molecule has 0 atom stereocenters. The molecule has 0 unspecified atom stereocenters. The molecule has 132 valence electrons. The van der Waals surface area contributed by atoms with Crippen molar-refractivity contribution in [2.24, 2.45) is 0 Å². The summed E-state index contributed by atoms with van der Waals surface area (Å²) in [6, 6.07) is 9.51. The van der Waals surface area contributed by atoms with Crippen LogP contribution in [0.25, 0.3) is 5.69 Å². The van der Waals surface area contributed by atoms with Gasteiger partial charge in [-0.05, 0) is 32.2 Å². The summed E-state index contributed by atoms with van der Waals surface area (Å²) < 4.78 is 1.70. The average Bonchev–Trinajstić information content (AvgIpc) is 3.10. The summed E-state index contributed by atoms with van der Waals surface area (Å²) in [4.78, 5) is 8.78. The Hall–Kier alpha value is -3.44. The molecule has 2 aromatic heterocycles. The summed E-state index contributed by atoms with van der Waals surface area (Å²) in [5.41, 5.74) is 3.90. The molecule has 3 N–H and O–H groups in total. The lowest BCUT2D eigenvalue weighted by atomic mass is 10.1. The van der Waals surface area contributed by atoms with Crippen LogP contribution in [0.5, 0.6) is 0 Å². The Kier molecular flexibility index (Phi) is 5.10. The Morgan fingerprint density at radius 1 is 1.19 bits per heavy atom. The van der Waals surface area contributed by atoms with E-state index in [9.17, 15) is 5.26 Å². The van der Waals surface area contributed by atoms with E-state index >= 15 is 0 Å². The molecule has 3 rings (SSSR count). The highest BCUT2D eigenvalue weighted by Crippen LogP contribution is 2.22. The maximum absolute atomic E-state index is 9.42. The number of hydrogen-bond acceptors (Lipinski definition) is 7. The largest absolute Gasteiger partial charge is 0.373 e. The van der Waals surface area contributed by atoms with Crippen molar-refractivity contribution in [1.29, 1.82) is 5.26 Å². The molecule has 8 heteroatoms. The predicted molar refractivity (Wildman–Crippen MR) is 101 cm³/mol. The van der Waals surface area contributed by atoms with E-state index in [1.807, 2.05) is 45.4 Å². The molecule has 26 heavy (non-hydrogen) atoms. The Bertz CT molecular complexity index is 954. The van der Waals surface area contributed by atoms with Crippen molar-refractivity contribution in [1.82, 2.24) is 25.1 Å². The summed E-state index contributed by atoms with van der Waals surface area (Å²) >= 11 is 0. The summed E-state index contributed by atoms with van der Waals surface area (Å²) in [5.74, 6) is 1.22. The standard InChI is InChI=1S/C18H20N8/c1-12-6-17(21-3)25-18(23-12)24-15-5-4-14(8-19)16(7-15)26-11-13(9-20-2)10-22-26/h4-7,10-11,20H,9H2,1-3H3,(H2,21,23,24,25). The molecule has 3 aromatic rings. The number of anilines is 3. The zero-order valence-electron chi connectivity index (χ0n) is 14.9. The first-order chi connectivity index (χ1) is 12.6. The highest BCUT2D eigenvalue weighted by molar-refractivity contribution is 5.63. The molecule has 0 aliphatic heterocycles. The molecular weight excluding hydrogens is 328 g/mol. The van der Waals surface area contributed by atoms with Gasteiger partial charge in [-0.1, -0.05) is 0 Å². The second-order valence-electron chi connectivity index (χ2n) is 5.76. The first kappa shape index (κ1) is 17.4. The Balaban J connectivity index is 1.94. The van der Waals surface area contributed by atoms with Crippen LogP contribution in [0.4, 0.5) is 17.5 Å². The second kappa shape index (κ2) is 7.63. The van der Waals surface area contributed by atoms with Crippen molar-refractivity contribution in [3.63, 3.8) is 0 Å². The van der Waals surface area contributed by atoms with Crippen LogP contribution in [0, 0.1) is 18.3 Å². The van der Waals surface area contributed by atoms with Gasteiger partial charge in [-0.2, -0.15) is 15.3 Å². The maximum Gasteiger partial charge on any atom is 0.229 e. The first-order valence-electron chi connectivity index (χ1n) is 8.16. The number of nitriles is 1. The fourth-order valence-corrected chi connectivity index (χ4v) is 2.56. The molecule has 0 aliphatic rings. The Morgan fingerprint density at radius 2 is 2.04 bits per heavy atom. The van der Waals surface area contributed by atoms with Gasteiger partial charge in [0.25, 0.3) is 0 Å². The molecule has 0 radical (unpaired) electrons. The molecule has 0 bridgehead atoms. The number of nitrogens with zero attached hydrogens (tertiary/aromatic N) is 5.